The molecule has 20 heteroatoms. The van der Waals surface area contributed by atoms with Gasteiger partial charge in [-0.2, -0.15) is 0 Å². The molecular weight excluding hydrogens is 1020 g/mol. The number of ether oxygens (including phenoxy) is 5. The number of hydrogen-bond donors (Lipinski definition) is 3. The van der Waals surface area contributed by atoms with Crippen LogP contribution in [0.3, 0.4) is 0 Å². The summed E-state index contributed by atoms with van der Waals surface area (Å²) in [6.07, 6.45) is 12.4. The van der Waals surface area contributed by atoms with Crippen LogP contribution in [0.5, 0.6) is 28.7 Å². The number of carbonyl (C=O) groups is 7. The molecule has 80 heavy (non-hydrogen) atoms. The Balaban J connectivity index is 0.784. The van der Waals surface area contributed by atoms with Crippen molar-refractivity contribution in [1.82, 2.24) is 25.3 Å². The van der Waals surface area contributed by atoms with Gasteiger partial charge in [0.05, 0.1) is 70.1 Å². The normalized spacial score (nSPS) is 16.9. The van der Waals surface area contributed by atoms with Crippen LogP contribution in [0.25, 0.3) is 11.1 Å². The number of anilines is 1. The van der Waals surface area contributed by atoms with Gasteiger partial charge in [-0.3, -0.25) is 48.4 Å². The lowest BCUT2D eigenvalue weighted by molar-refractivity contribution is -0.138. The van der Waals surface area contributed by atoms with E-state index in [0.717, 1.165) is 34.3 Å². The van der Waals surface area contributed by atoms with Crippen molar-refractivity contribution >= 4 is 82.4 Å². The van der Waals surface area contributed by atoms with Crippen molar-refractivity contribution in [2.45, 2.75) is 89.8 Å². The first-order valence-corrected chi connectivity index (χ1v) is 26.8. The number of nitrogens with zero attached hydrogens (tertiary/aromatic N) is 5. The second kappa shape index (κ2) is 26.7. The van der Waals surface area contributed by atoms with Crippen LogP contribution in [0.1, 0.15) is 103 Å². The maximum atomic E-state index is 13.9. The highest BCUT2D eigenvalue weighted by Crippen LogP contribution is 2.41. The molecule has 0 radical (unpaired) electrons. The molecule has 8 rings (SSSR count). The predicted molar refractivity (Wildman–Crippen MR) is 302 cm³/mol. The van der Waals surface area contributed by atoms with Gasteiger partial charge < -0.3 is 49.4 Å². The second-order valence-electron chi connectivity index (χ2n) is 20.1. The Hall–Kier alpha value is -8.81. The summed E-state index contributed by atoms with van der Waals surface area (Å²) in [7, 11) is 6.58. The zero-order valence-electron chi connectivity index (χ0n) is 46.0. The summed E-state index contributed by atoms with van der Waals surface area (Å²) in [5, 5.41) is 8.22. The predicted octanol–water partition coefficient (Wildman–Crippen LogP) is 7.70. The molecule has 1 fully saturated rings. The Morgan fingerprint density at radius 2 is 1.43 bits per heavy atom. The molecular formula is C60H68N8O12. The van der Waals surface area contributed by atoms with Crippen molar-refractivity contribution in [2.75, 3.05) is 60.0 Å². The van der Waals surface area contributed by atoms with Crippen molar-refractivity contribution in [2.24, 2.45) is 15.9 Å². The number of amides is 6. The van der Waals surface area contributed by atoms with Gasteiger partial charge in [-0.25, -0.2) is 0 Å². The SMILES string of the molecule is COc1ccc(C2=CN3C(=O)c4cc(OC)c(OCCCOc5cc(N=CC6CC(c7ccc(NC(=O)CNC(=O)C(NC(=O)CCCCCN8C(=O)CCC8=O)C(C)C)cc7)=CN6C)c(C=O)cc5OC)cc4N=CC3C2)cc1. The van der Waals surface area contributed by atoms with Crippen LogP contribution in [0, 0.1) is 5.92 Å². The summed E-state index contributed by atoms with van der Waals surface area (Å²) >= 11 is 0. The van der Waals surface area contributed by atoms with Gasteiger partial charge >= 0.3 is 0 Å². The quantitative estimate of drug-likeness (QED) is 0.0237. The van der Waals surface area contributed by atoms with Crippen molar-refractivity contribution in [3.05, 3.63) is 107 Å². The fourth-order valence-corrected chi connectivity index (χ4v) is 9.76. The molecule has 4 aliphatic heterocycles. The van der Waals surface area contributed by atoms with Crippen LogP contribution in [-0.2, 0) is 24.0 Å². The number of unbranched alkanes of at least 4 members (excludes halogenated alkanes) is 2. The van der Waals surface area contributed by atoms with Gasteiger partial charge in [0.25, 0.3) is 5.91 Å². The minimum Gasteiger partial charge on any atom is -0.497 e. The Bertz CT molecular complexity index is 3080. The van der Waals surface area contributed by atoms with E-state index < -0.39 is 17.9 Å². The van der Waals surface area contributed by atoms with E-state index in [2.05, 4.69) is 16.0 Å². The molecule has 20 nitrogen and oxygen atoms in total. The number of nitrogens with one attached hydrogen (secondary N) is 3. The van der Waals surface area contributed by atoms with Gasteiger partial charge in [-0.1, -0.05) is 44.5 Å². The fraction of sp³-hybridized carbons (Fsp3) is 0.383. The van der Waals surface area contributed by atoms with Gasteiger partial charge in [-0.15, -0.1) is 0 Å². The van der Waals surface area contributed by atoms with Gasteiger partial charge in [0.2, 0.25) is 29.5 Å². The summed E-state index contributed by atoms with van der Waals surface area (Å²) < 4.78 is 28.9. The van der Waals surface area contributed by atoms with Crippen LogP contribution < -0.4 is 39.6 Å². The van der Waals surface area contributed by atoms with Crippen LogP contribution >= 0.6 is 0 Å². The molecule has 0 aliphatic carbocycles. The van der Waals surface area contributed by atoms with Crippen molar-refractivity contribution in [3.63, 3.8) is 0 Å². The Kier molecular flexibility index (Phi) is 19.1. The van der Waals surface area contributed by atoms with E-state index in [1.54, 1.807) is 74.7 Å². The number of imide groups is 1. The molecule has 1 saturated heterocycles. The summed E-state index contributed by atoms with van der Waals surface area (Å²) in [6, 6.07) is 20.5. The number of methoxy groups -OCH3 is 3. The van der Waals surface area contributed by atoms with Gasteiger partial charge in [-0.05, 0) is 83.9 Å². The number of rotatable bonds is 26. The first kappa shape index (κ1) is 57.4. The van der Waals surface area contributed by atoms with Gasteiger partial charge in [0.15, 0.2) is 29.3 Å². The molecule has 3 unspecified atom stereocenters. The van der Waals surface area contributed by atoms with E-state index in [-0.39, 0.29) is 80.7 Å². The summed E-state index contributed by atoms with van der Waals surface area (Å²) in [6.45, 7) is 4.15. The molecule has 4 aromatic rings. The first-order chi connectivity index (χ1) is 38.7. The van der Waals surface area contributed by atoms with E-state index in [0.29, 0.717) is 96.3 Å². The highest BCUT2D eigenvalue weighted by Gasteiger charge is 2.34. The number of aliphatic imine (C=N–C) groups is 2. The largest absolute Gasteiger partial charge is 0.497 e. The van der Waals surface area contributed by atoms with E-state index in [1.807, 2.05) is 60.7 Å². The standard InChI is InChI=1S/C60H68N8O12/c1-37(2)58(65-54(70)11-8-7-9-22-67-56(72)20-21-57(67)73)59(74)63-33-55(71)64-43-16-12-38(13-17-43)40-25-44(66(3)34-40)31-61-48-29-52(50(77-5)27-42(48)36-69)79-23-10-24-80-53-30-49-47(28-51(53)78-6)60(75)68-35-41(26-45(68)32-62-49)39-14-18-46(76-4)19-15-39/h12-19,27-32,34-37,44-45,58H,7-11,20-26,33H2,1-6H3,(H,63,74)(H,64,71)(H,65,70). The Morgan fingerprint density at radius 3 is 2.09 bits per heavy atom. The lowest BCUT2D eigenvalue weighted by Gasteiger charge is -2.21. The van der Waals surface area contributed by atoms with Gasteiger partial charge in [0.1, 0.15) is 11.8 Å². The molecule has 6 amide bonds. The first-order valence-electron chi connectivity index (χ1n) is 26.8. The summed E-state index contributed by atoms with van der Waals surface area (Å²) in [4.78, 5) is 103. The molecule has 4 aromatic carbocycles. The molecule has 0 bridgehead atoms. The van der Waals surface area contributed by atoms with Crippen LogP contribution in [0.4, 0.5) is 17.1 Å². The monoisotopic (exact) mass is 1090 g/mol. The van der Waals surface area contributed by atoms with E-state index in [4.69, 9.17) is 33.7 Å². The Labute approximate surface area is 465 Å². The summed E-state index contributed by atoms with van der Waals surface area (Å²) in [5.41, 5.74) is 6.15. The number of carbonyl (C=O) groups excluding carboxylic acids is 7. The third-order valence-corrected chi connectivity index (χ3v) is 14.3. The maximum absolute atomic E-state index is 13.9. The molecule has 3 atom stereocenters. The minimum absolute atomic E-state index is 0.137. The summed E-state index contributed by atoms with van der Waals surface area (Å²) in [5.74, 6) is 0.425. The molecule has 0 saturated carbocycles. The molecule has 4 heterocycles. The number of hydrogen-bond acceptors (Lipinski definition) is 15. The smallest absolute Gasteiger partial charge is 0.260 e. The highest BCUT2D eigenvalue weighted by atomic mass is 16.5. The lowest BCUT2D eigenvalue weighted by atomic mass is 10.0. The maximum Gasteiger partial charge on any atom is 0.260 e. The lowest BCUT2D eigenvalue weighted by Crippen LogP contribution is -2.51. The highest BCUT2D eigenvalue weighted by molar-refractivity contribution is 6.06. The minimum atomic E-state index is -0.837. The van der Waals surface area contributed by atoms with Crippen molar-refractivity contribution in [1.29, 1.82) is 0 Å². The second-order valence-corrected chi connectivity index (χ2v) is 20.1. The zero-order chi connectivity index (χ0) is 56.9. The molecule has 0 aromatic heterocycles. The van der Waals surface area contributed by atoms with Crippen LogP contribution in [0.15, 0.2) is 95.2 Å². The third-order valence-electron chi connectivity index (χ3n) is 14.3. The van der Waals surface area contributed by atoms with Gasteiger partial charge in [0, 0.05) is 93.9 Å². The van der Waals surface area contributed by atoms with Crippen LogP contribution in [0.2, 0.25) is 0 Å². The molecule has 420 valence electrons. The average Bonchev–Trinajstić information content (AvgIpc) is 4.14. The van der Waals surface area contributed by atoms with E-state index >= 15 is 0 Å². The number of benzene rings is 4. The van der Waals surface area contributed by atoms with Crippen LogP contribution in [-0.4, -0.2) is 142 Å². The molecule has 4 aliphatic rings. The topological polar surface area (TPSA) is 236 Å². The van der Waals surface area contributed by atoms with E-state index in [1.165, 1.54) is 19.1 Å². The van der Waals surface area contributed by atoms with E-state index in [9.17, 15) is 33.6 Å². The zero-order valence-corrected chi connectivity index (χ0v) is 46.0. The fourth-order valence-electron chi connectivity index (χ4n) is 9.76. The Morgan fingerprint density at radius 1 is 0.762 bits per heavy atom. The number of fused-ring (bicyclic) bond motifs is 2. The molecule has 3 N–H and O–H groups in total. The third kappa shape index (κ3) is 14.1. The van der Waals surface area contributed by atoms with Crippen molar-refractivity contribution in [3.8, 4) is 28.7 Å². The number of aldehydes is 1. The molecule has 0 spiro atoms. The average molecular weight is 1090 g/mol. The van der Waals surface area contributed by atoms with Crippen molar-refractivity contribution < 1.29 is 57.2 Å². The number of likely N-dealkylation sites (tertiary alicyclic amines) is 1.